The number of likely N-dealkylation sites (tertiary alicyclic amines) is 1. The minimum absolute atomic E-state index is 0.0273. The van der Waals surface area contributed by atoms with Gasteiger partial charge in [0.15, 0.2) is 0 Å². The highest BCUT2D eigenvalue weighted by molar-refractivity contribution is 7.90. The number of ether oxygens (including phenoxy) is 2. The number of likely N-dealkylation sites (N-methyl/N-ethyl adjacent to an activating group) is 2. The maximum Gasteiger partial charge on any atom is 0.264 e. The van der Waals surface area contributed by atoms with Gasteiger partial charge in [0.1, 0.15) is 6.04 Å². The number of hydrogen-bond acceptors (Lipinski definition) is 10. The molecule has 1 saturated heterocycles. The topological polar surface area (TPSA) is 181 Å². The molecule has 1 aromatic rings. The van der Waals surface area contributed by atoms with Gasteiger partial charge >= 0.3 is 0 Å². The van der Waals surface area contributed by atoms with Crippen molar-refractivity contribution in [2.45, 2.75) is 115 Å². The summed E-state index contributed by atoms with van der Waals surface area (Å²) in [6, 6.07) is 3.30. The summed E-state index contributed by atoms with van der Waals surface area (Å²) in [7, 11) is 4.16. The lowest BCUT2D eigenvalue weighted by molar-refractivity contribution is -0.148. The molecule has 0 aliphatic carbocycles. The first-order valence-electron chi connectivity index (χ1n) is 18.2. The second kappa shape index (κ2) is 19.7. The van der Waals surface area contributed by atoms with Gasteiger partial charge in [-0.05, 0) is 69.0 Å². The van der Waals surface area contributed by atoms with Crippen LogP contribution in [0.5, 0.6) is 0 Å². The first-order chi connectivity index (χ1) is 24.2. The van der Waals surface area contributed by atoms with Crippen molar-refractivity contribution in [3.8, 4) is 0 Å². The number of amides is 4. The number of rotatable bonds is 19. The van der Waals surface area contributed by atoms with Crippen LogP contribution < -0.4 is 15.8 Å². The molecule has 2 rings (SSSR count). The van der Waals surface area contributed by atoms with E-state index < -0.39 is 58.2 Å². The van der Waals surface area contributed by atoms with Gasteiger partial charge in [0.25, 0.3) is 10.0 Å². The van der Waals surface area contributed by atoms with Crippen LogP contribution >= 0.6 is 0 Å². The van der Waals surface area contributed by atoms with E-state index in [-0.39, 0.29) is 46.8 Å². The molecular weight excluding hydrogens is 689 g/mol. The van der Waals surface area contributed by atoms with E-state index in [4.69, 9.17) is 15.2 Å². The third-order valence-corrected chi connectivity index (χ3v) is 11.7. The first kappa shape index (κ1) is 44.9. The average molecular weight is 753 g/mol. The number of nitrogens with two attached hydrogens (primary N) is 1. The fraction of sp³-hybridized carbons (Fsp3) is 0.730. The third kappa shape index (κ3) is 11.1. The molecule has 0 spiro atoms. The molecule has 0 bridgehead atoms. The fourth-order valence-electron chi connectivity index (χ4n) is 7.34. The molecule has 1 unspecified atom stereocenters. The van der Waals surface area contributed by atoms with Crippen molar-refractivity contribution in [2.75, 3.05) is 47.6 Å². The number of carbonyl (C=O) groups is 4. The number of nitrogens with one attached hydrogen (secondary N) is 2. The van der Waals surface area contributed by atoms with Crippen LogP contribution in [0.2, 0.25) is 0 Å². The summed E-state index contributed by atoms with van der Waals surface area (Å²) in [4.78, 5) is 60.0. The lowest BCUT2D eigenvalue weighted by Gasteiger charge is -2.41. The molecule has 0 aromatic heterocycles. The van der Waals surface area contributed by atoms with Gasteiger partial charge < -0.3 is 30.3 Å². The number of carbonyl (C=O) groups excluding carboxylic acids is 4. The van der Waals surface area contributed by atoms with E-state index in [1.807, 2.05) is 60.5 Å². The number of anilines is 1. The van der Waals surface area contributed by atoms with Crippen molar-refractivity contribution >= 4 is 39.3 Å². The molecule has 1 aromatic carbocycles. The van der Waals surface area contributed by atoms with Crippen LogP contribution in [0.25, 0.3) is 0 Å². The number of nitrogens with zero attached hydrogens (tertiary/aromatic N) is 3. The molecule has 1 heterocycles. The Kier molecular flexibility index (Phi) is 17.0. The molecule has 1 aliphatic rings. The standard InChI is InChI=1S/C37H64N6O8S/c1-13-24(6)33(42(10)37(47)31(22(2)3)39-36(46)32(23(4)5)41(8)9)29(50-11)21-30(44)43-20-14-15-28(43)34(51-12)25(7)35(45)40-52(48,49)27-18-16-26(38)17-19-27/h16-19,22-25,28-29,31-34H,13-15,20-21,38H2,1-12H3,(H,39,46)(H,40,45)/t24-,25+,28-,29+,31?,32-,33-,34+/m0/s1. The largest absolute Gasteiger partial charge is 0.399 e. The van der Waals surface area contributed by atoms with Crippen molar-refractivity contribution < 1.29 is 37.1 Å². The SMILES string of the molecule is CC[C@H](C)[C@@H]([C@@H](CC(=O)N1CCC[C@H]1[C@H](OC)[C@@H](C)C(=O)NS(=O)(=O)c1ccc(N)cc1)OC)N(C)C(=O)C(NC(=O)[C@H](C(C)C)N(C)C)C(C)C. The zero-order chi connectivity index (χ0) is 39.7. The monoisotopic (exact) mass is 752 g/mol. The Balaban J connectivity index is 2.29. The van der Waals surface area contributed by atoms with E-state index in [1.54, 1.807) is 23.8 Å². The maximum absolute atomic E-state index is 14.2. The Morgan fingerprint density at radius 1 is 0.942 bits per heavy atom. The molecular formula is C37H64N6O8S. The Morgan fingerprint density at radius 3 is 2.02 bits per heavy atom. The van der Waals surface area contributed by atoms with Crippen LogP contribution in [0, 0.1) is 23.7 Å². The summed E-state index contributed by atoms with van der Waals surface area (Å²) in [5, 5.41) is 3.01. The van der Waals surface area contributed by atoms with E-state index in [0.717, 1.165) is 0 Å². The lowest BCUT2D eigenvalue weighted by atomic mass is 9.89. The van der Waals surface area contributed by atoms with Gasteiger partial charge in [0, 0.05) is 33.5 Å². The highest BCUT2D eigenvalue weighted by atomic mass is 32.2. The molecule has 8 atom stereocenters. The predicted octanol–water partition coefficient (Wildman–Crippen LogP) is 2.72. The smallest absolute Gasteiger partial charge is 0.264 e. The highest BCUT2D eigenvalue weighted by Crippen LogP contribution is 2.30. The van der Waals surface area contributed by atoms with E-state index >= 15 is 0 Å². The molecule has 1 fully saturated rings. The van der Waals surface area contributed by atoms with Gasteiger partial charge in [-0.3, -0.25) is 24.1 Å². The maximum atomic E-state index is 14.2. The van der Waals surface area contributed by atoms with Crippen molar-refractivity contribution in [3.63, 3.8) is 0 Å². The number of benzene rings is 1. The van der Waals surface area contributed by atoms with Crippen LogP contribution in [-0.2, 0) is 38.7 Å². The summed E-state index contributed by atoms with van der Waals surface area (Å²) in [6.45, 7) is 13.7. The molecule has 4 N–H and O–H groups in total. The van der Waals surface area contributed by atoms with Gasteiger partial charge in [-0.2, -0.15) is 0 Å². The van der Waals surface area contributed by atoms with Crippen LogP contribution in [0.1, 0.15) is 74.1 Å². The summed E-state index contributed by atoms with van der Waals surface area (Å²) in [5.41, 5.74) is 6.07. The predicted molar refractivity (Wildman–Crippen MR) is 201 cm³/mol. The molecule has 4 amide bonds. The van der Waals surface area contributed by atoms with E-state index in [0.29, 0.717) is 31.5 Å². The molecule has 0 saturated carbocycles. The van der Waals surface area contributed by atoms with Crippen LogP contribution in [0.15, 0.2) is 29.2 Å². The number of methoxy groups -OCH3 is 2. The van der Waals surface area contributed by atoms with Gasteiger partial charge in [0.2, 0.25) is 23.6 Å². The summed E-state index contributed by atoms with van der Waals surface area (Å²) >= 11 is 0. The van der Waals surface area contributed by atoms with Gasteiger partial charge in [-0.25, -0.2) is 13.1 Å². The lowest BCUT2D eigenvalue weighted by Crippen LogP contribution is -2.59. The van der Waals surface area contributed by atoms with Gasteiger partial charge in [0.05, 0.1) is 47.6 Å². The summed E-state index contributed by atoms with van der Waals surface area (Å²) in [5.74, 6) is -2.64. The van der Waals surface area contributed by atoms with Gasteiger partial charge in [-0.15, -0.1) is 0 Å². The van der Waals surface area contributed by atoms with Crippen molar-refractivity contribution in [1.82, 2.24) is 24.7 Å². The van der Waals surface area contributed by atoms with Crippen molar-refractivity contribution in [1.29, 1.82) is 0 Å². The van der Waals surface area contributed by atoms with Crippen LogP contribution in [-0.4, -0.2) is 125 Å². The summed E-state index contributed by atoms with van der Waals surface area (Å²) < 4.78 is 39.8. The minimum Gasteiger partial charge on any atom is -0.399 e. The average Bonchev–Trinajstić information content (AvgIpc) is 3.55. The zero-order valence-electron chi connectivity index (χ0n) is 33.2. The molecule has 15 heteroatoms. The quantitative estimate of drug-likeness (QED) is 0.178. The first-order valence-corrected chi connectivity index (χ1v) is 19.7. The van der Waals surface area contributed by atoms with Crippen LogP contribution in [0.4, 0.5) is 5.69 Å². The van der Waals surface area contributed by atoms with E-state index in [9.17, 15) is 27.6 Å². The number of sulfonamides is 1. The second-order valence-corrected chi connectivity index (χ2v) is 16.7. The molecule has 0 radical (unpaired) electrons. The molecule has 14 nitrogen and oxygen atoms in total. The third-order valence-electron chi connectivity index (χ3n) is 10.4. The molecule has 296 valence electrons. The summed E-state index contributed by atoms with van der Waals surface area (Å²) in [6.07, 6.45) is 0.400. The zero-order valence-corrected chi connectivity index (χ0v) is 34.0. The minimum atomic E-state index is -4.17. The second-order valence-electron chi connectivity index (χ2n) is 15.0. The molecule has 52 heavy (non-hydrogen) atoms. The highest BCUT2D eigenvalue weighted by Gasteiger charge is 2.43. The van der Waals surface area contributed by atoms with E-state index in [2.05, 4.69) is 10.0 Å². The normalized spacial score (nSPS) is 19.1. The number of nitrogen functional groups attached to an aromatic ring is 1. The number of hydrogen-bond donors (Lipinski definition) is 3. The van der Waals surface area contributed by atoms with E-state index in [1.165, 1.54) is 38.5 Å². The Labute approximate surface area is 311 Å². The Morgan fingerprint density at radius 2 is 1.54 bits per heavy atom. The molecule has 1 aliphatic heterocycles. The van der Waals surface area contributed by atoms with Gasteiger partial charge in [-0.1, -0.05) is 54.9 Å². The van der Waals surface area contributed by atoms with Crippen molar-refractivity contribution in [3.05, 3.63) is 24.3 Å². The Hall–Kier alpha value is -3.27. The Bertz CT molecular complexity index is 1450. The van der Waals surface area contributed by atoms with Crippen molar-refractivity contribution in [2.24, 2.45) is 23.7 Å². The fourth-order valence-corrected chi connectivity index (χ4v) is 8.41. The van der Waals surface area contributed by atoms with Crippen LogP contribution in [0.3, 0.4) is 0 Å².